The van der Waals surface area contributed by atoms with E-state index in [9.17, 15) is 4.79 Å². The number of unbranched alkanes of at least 4 members (excludes halogenated alkanes) is 2. The molecule has 2 unspecified atom stereocenters. The molecule has 0 spiro atoms. The van der Waals surface area contributed by atoms with Gasteiger partial charge in [0, 0.05) is 18.3 Å². The predicted molar refractivity (Wildman–Crippen MR) is 67.1 cm³/mol. The van der Waals surface area contributed by atoms with E-state index in [1.165, 1.54) is 18.6 Å². The van der Waals surface area contributed by atoms with Crippen LogP contribution in [0.2, 0.25) is 0 Å². The molecular formula is C11H22N2O2S. The Morgan fingerprint density at radius 2 is 2.31 bits per heavy atom. The minimum Gasteiger partial charge on any atom is -0.377 e. The van der Waals surface area contributed by atoms with Gasteiger partial charge in [-0.05, 0) is 31.9 Å². The number of hydrogen-bond donors (Lipinski definition) is 2. The van der Waals surface area contributed by atoms with Gasteiger partial charge in [-0.1, -0.05) is 6.42 Å². The second-order valence-electron chi connectivity index (χ2n) is 4.15. The number of carbonyl (C=O) groups excluding carboxylic acids is 1. The first kappa shape index (κ1) is 13.8. The first-order valence-electron chi connectivity index (χ1n) is 5.96. The molecule has 16 heavy (non-hydrogen) atoms. The second kappa shape index (κ2) is 7.92. The molecule has 0 bridgehead atoms. The average molecular weight is 246 g/mol. The molecular weight excluding hydrogens is 224 g/mol. The number of rotatable bonds is 7. The van der Waals surface area contributed by atoms with E-state index in [0.717, 1.165) is 19.4 Å². The van der Waals surface area contributed by atoms with Crippen LogP contribution in [0.5, 0.6) is 0 Å². The standard InChI is InChI=1S/C11H22N2O2S/c1-9-10(6-7-15-9)16-8-4-2-3-5-11(14)13-12/h9-10H,2-8,12H2,1H3,(H,13,14). The minimum atomic E-state index is -0.0644. The molecule has 0 radical (unpaired) electrons. The number of nitrogens with one attached hydrogen (secondary N) is 1. The van der Waals surface area contributed by atoms with Crippen LogP contribution in [0.1, 0.15) is 39.0 Å². The molecule has 4 nitrogen and oxygen atoms in total. The van der Waals surface area contributed by atoms with Crippen molar-refractivity contribution in [3.05, 3.63) is 0 Å². The Bertz CT molecular complexity index is 214. The monoisotopic (exact) mass is 246 g/mol. The fourth-order valence-electron chi connectivity index (χ4n) is 1.80. The number of amides is 1. The molecule has 1 aliphatic rings. The molecule has 5 heteroatoms. The zero-order chi connectivity index (χ0) is 11.8. The van der Waals surface area contributed by atoms with E-state index in [1.54, 1.807) is 0 Å². The van der Waals surface area contributed by atoms with E-state index >= 15 is 0 Å². The Morgan fingerprint density at radius 1 is 1.50 bits per heavy atom. The van der Waals surface area contributed by atoms with Crippen LogP contribution in [0.15, 0.2) is 0 Å². The van der Waals surface area contributed by atoms with Crippen LogP contribution in [-0.4, -0.2) is 29.6 Å². The van der Waals surface area contributed by atoms with Gasteiger partial charge in [0.2, 0.25) is 5.91 Å². The third-order valence-electron chi connectivity index (χ3n) is 2.85. The molecule has 0 saturated carbocycles. The van der Waals surface area contributed by atoms with E-state index in [1.807, 2.05) is 11.8 Å². The van der Waals surface area contributed by atoms with Crippen molar-refractivity contribution >= 4 is 17.7 Å². The van der Waals surface area contributed by atoms with Crippen molar-refractivity contribution in [1.29, 1.82) is 0 Å². The van der Waals surface area contributed by atoms with Crippen LogP contribution >= 0.6 is 11.8 Å². The number of nitrogens with two attached hydrogens (primary N) is 1. The summed E-state index contributed by atoms with van der Waals surface area (Å²) in [5.41, 5.74) is 2.15. The van der Waals surface area contributed by atoms with E-state index < -0.39 is 0 Å². The van der Waals surface area contributed by atoms with Gasteiger partial charge in [-0.25, -0.2) is 5.84 Å². The predicted octanol–water partition coefficient (Wildman–Crippen LogP) is 1.45. The summed E-state index contributed by atoms with van der Waals surface area (Å²) in [5, 5.41) is 0.673. The molecule has 0 aromatic carbocycles. The SMILES string of the molecule is CC1OCCC1SCCCCCC(=O)NN. The van der Waals surface area contributed by atoms with Gasteiger partial charge in [-0.2, -0.15) is 11.8 Å². The summed E-state index contributed by atoms with van der Waals surface area (Å²) in [6, 6.07) is 0. The number of ether oxygens (including phenoxy) is 1. The first-order valence-corrected chi connectivity index (χ1v) is 7.01. The first-order chi connectivity index (χ1) is 7.74. The van der Waals surface area contributed by atoms with Gasteiger partial charge in [0.05, 0.1) is 6.10 Å². The molecule has 1 amide bonds. The third kappa shape index (κ3) is 5.18. The second-order valence-corrected chi connectivity index (χ2v) is 5.50. The summed E-state index contributed by atoms with van der Waals surface area (Å²) < 4.78 is 5.50. The Hall–Kier alpha value is -0.260. The van der Waals surface area contributed by atoms with Crippen LogP contribution in [0.4, 0.5) is 0 Å². The summed E-state index contributed by atoms with van der Waals surface area (Å²) in [4.78, 5) is 10.8. The van der Waals surface area contributed by atoms with Crippen molar-refractivity contribution in [2.24, 2.45) is 5.84 Å². The highest BCUT2D eigenvalue weighted by atomic mass is 32.2. The van der Waals surface area contributed by atoms with E-state index in [4.69, 9.17) is 10.6 Å². The van der Waals surface area contributed by atoms with Gasteiger partial charge in [0.25, 0.3) is 0 Å². The van der Waals surface area contributed by atoms with Gasteiger partial charge in [-0.3, -0.25) is 10.2 Å². The number of carbonyl (C=O) groups is 1. The van der Waals surface area contributed by atoms with Crippen LogP contribution in [-0.2, 0) is 9.53 Å². The highest BCUT2D eigenvalue weighted by Gasteiger charge is 2.23. The minimum absolute atomic E-state index is 0.0644. The van der Waals surface area contributed by atoms with Crippen LogP contribution < -0.4 is 11.3 Å². The maximum absolute atomic E-state index is 10.8. The lowest BCUT2D eigenvalue weighted by molar-refractivity contribution is -0.121. The van der Waals surface area contributed by atoms with Crippen LogP contribution in [0.25, 0.3) is 0 Å². The van der Waals surface area contributed by atoms with Crippen molar-refractivity contribution in [2.75, 3.05) is 12.4 Å². The van der Waals surface area contributed by atoms with Crippen molar-refractivity contribution in [3.8, 4) is 0 Å². The molecule has 3 N–H and O–H groups in total. The van der Waals surface area contributed by atoms with E-state index in [0.29, 0.717) is 17.8 Å². The highest BCUT2D eigenvalue weighted by molar-refractivity contribution is 7.99. The smallest absolute Gasteiger partial charge is 0.233 e. The maximum atomic E-state index is 10.8. The lowest BCUT2D eigenvalue weighted by Gasteiger charge is -2.12. The number of hydrogen-bond acceptors (Lipinski definition) is 4. The van der Waals surface area contributed by atoms with Gasteiger partial charge >= 0.3 is 0 Å². The zero-order valence-electron chi connectivity index (χ0n) is 9.91. The van der Waals surface area contributed by atoms with Crippen molar-refractivity contribution in [3.63, 3.8) is 0 Å². The molecule has 1 heterocycles. The van der Waals surface area contributed by atoms with Gasteiger partial charge in [-0.15, -0.1) is 0 Å². The summed E-state index contributed by atoms with van der Waals surface area (Å²) in [5.74, 6) is 6.10. The largest absolute Gasteiger partial charge is 0.377 e. The maximum Gasteiger partial charge on any atom is 0.233 e. The van der Waals surface area contributed by atoms with Crippen LogP contribution in [0.3, 0.4) is 0 Å². The molecule has 1 fully saturated rings. The molecule has 0 aliphatic carbocycles. The Balaban J connectivity index is 1.90. The topological polar surface area (TPSA) is 64.3 Å². The summed E-state index contributed by atoms with van der Waals surface area (Å²) in [7, 11) is 0. The Kier molecular flexibility index (Phi) is 6.84. The van der Waals surface area contributed by atoms with E-state index in [-0.39, 0.29) is 5.91 Å². The Morgan fingerprint density at radius 3 is 2.94 bits per heavy atom. The quantitative estimate of drug-likeness (QED) is 0.309. The summed E-state index contributed by atoms with van der Waals surface area (Å²) >= 11 is 2.01. The molecule has 0 aromatic heterocycles. The molecule has 1 rings (SSSR count). The van der Waals surface area contributed by atoms with Crippen molar-refractivity contribution in [1.82, 2.24) is 5.43 Å². The molecule has 0 aromatic rings. The fraction of sp³-hybridized carbons (Fsp3) is 0.909. The summed E-state index contributed by atoms with van der Waals surface area (Å²) in [6.45, 7) is 3.06. The van der Waals surface area contributed by atoms with Crippen LogP contribution in [0, 0.1) is 0 Å². The molecule has 2 atom stereocenters. The lowest BCUT2D eigenvalue weighted by atomic mass is 10.2. The average Bonchev–Trinajstić information content (AvgIpc) is 2.69. The number of hydrazine groups is 1. The van der Waals surface area contributed by atoms with Crippen molar-refractivity contribution in [2.45, 2.75) is 50.4 Å². The van der Waals surface area contributed by atoms with Gasteiger partial charge in [0.15, 0.2) is 0 Å². The van der Waals surface area contributed by atoms with Gasteiger partial charge in [0.1, 0.15) is 0 Å². The third-order valence-corrected chi connectivity index (χ3v) is 4.42. The van der Waals surface area contributed by atoms with Crippen molar-refractivity contribution < 1.29 is 9.53 Å². The fourth-order valence-corrected chi connectivity index (χ4v) is 3.09. The molecule has 1 saturated heterocycles. The zero-order valence-corrected chi connectivity index (χ0v) is 10.7. The summed E-state index contributed by atoms with van der Waals surface area (Å²) in [6.07, 6.45) is 5.34. The molecule has 1 aliphatic heterocycles. The van der Waals surface area contributed by atoms with E-state index in [2.05, 4.69) is 12.3 Å². The lowest BCUT2D eigenvalue weighted by Crippen LogP contribution is -2.29. The van der Waals surface area contributed by atoms with Gasteiger partial charge < -0.3 is 4.74 Å². The molecule has 94 valence electrons. The Labute approximate surface area is 102 Å². The highest BCUT2D eigenvalue weighted by Crippen LogP contribution is 2.26. The normalized spacial score (nSPS) is 24.6. The number of thioether (sulfide) groups is 1.